The van der Waals surface area contributed by atoms with Gasteiger partial charge in [-0.15, -0.1) is 5.10 Å². The number of aromatic nitrogens is 4. The van der Waals surface area contributed by atoms with Crippen molar-refractivity contribution in [3.8, 4) is 0 Å². The molecule has 1 heterocycles. The molecule has 0 aliphatic rings. The minimum Gasteiger partial charge on any atom is -0.310 e. The smallest absolute Gasteiger partial charge is 0.165 e. The van der Waals surface area contributed by atoms with Gasteiger partial charge in [-0.1, -0.05) is 36.8 Å². The Morgan fingerprint density at radius 3 is 3.00 bits per heavy atom. The van der Waals surface area contributed by atoms with Crippen LogP contribution in [-0.2, 0) is 19.5 Å². The standard InChI is InChI=1S/C13H19N5/c1-3-14-10-13-15-16-17-18(13)8-7-12-6-4-5-11(2)9-12/h4-6,9,14H,3,7-8,10H2,1-2H3. The van der Waals surface area contributed by atoms with Crippen LogP contribution in [0.4, 0.5) is 0 Å². The molecule has 5 heteroatoms. The lowest BCUT2D eigenvalue weighted by molar-refractivity contribution is 0.546. The van der Waals surface area contributed by atoms with E-state index in [4.69, 9.17) is 0 Å². The van der Waals surface area contributed by atoms with Gasteiger partial charge in [0.15, 0.2) is 5.82 Å². The number of nitrogens with zero attached hydrogens (tertiary/aromatic N) is 4. The predicted octanol–water partition coefficient (Wildman–Crippen LogP) is 1.33. The number of hydrogen-bond acceptors (Lipinski definition) is 4. The Bertz CT molecular complexity index is 492. The predicted molar refractivity (Wildman–Crippen MR) is 70.1 cm³/mol. The van der Waals surface area contributed by atoms with E-state index in [1.807, 2.05) is 4.68 Å². The Balaban J connectivity index is 1.95. The van der Waals surface area contributed by atoms with Crippen LogP contribution >= 0.6 is 0 Å². The molecule has 0 aliphatic carbocycles. The van der Waals surface area contributed by atoms with Gasteiger partial charge < -0.3 is 5.32 Å². The van der Waals surface area contributed by atoms with Gasteiger partial charge in [0.2, 0.25) is 0 Å². The zero-order valence-corrected chi connectivity index (χ0v) is 10.9. The third-order valence-corrected chi connectivity index (χ3v) is 2.83. The average Bonchev–Trinajstić information content (AvgIpc) is 2.81. The van der Waals surface area contributed by atoms with Crippen molar-refractivity contribution < 1.29 is 0 Å². The van der Waals surface area contributed by atoms with Crippen molar-refractivity contribution in [2.45, 2.75) is 33.4 Å². The highest BCUT2D eigenvalue weighted by molar-refractivity contribution is 5.22. The van der Waals surface area contributed by atoms with Crippen LogP contribution in [0.15, 0.2) is 24.3 Å². The van der Waals surface area contributed by atoms with Gasteiger partial charge in [0, 0.05) is 6.54 Å². The van der Waals surface area contributed by atoms with Gasteiger partial charge in [-0.3, -0.25) is 0 Å². The third kappa shape index (κ3) is 3.37. The maximum absolute atomic E-state index is 4.02. The van der Waals surface area contributed by atoms with E-state index >= 15 is 0 Å². The summed E-state index contributed by atoms with van der Waals surface area (Å²) in [5.74, 6) is 0.893. The van der Waals surface area contributed by atoms with E-state index in [0.717, 1.165) is 31.9 Å². The molecule has 1 aromatic heterocycles. The highest BCUT2D eigenvalue weighted by Crippen LogP contribution is 2.06. The van der Waals surface area contributed by atoms with E-state index in [-0.39, 0.29) is 0 Å². The van der Waals surface area contributed by atoms with Crippen molar-refractivity contribution in [2.75, 3.05) is 6.54 Å². The zero-order chi connectivity index (χ0) is 12.8. The third-order valence-electron chi connectivity index (χ3n) is 2.83. The second-order valence-corrected chi connectivity index (χ2v) is 4.34. The molecule has 0 bridgehead atoms. The number of rotatable bonds is 6. The SMILES string of the molecule is CCNCc1nnnn1CCc1cccc(C)c1. The Morgan fingerprint density at radius 1 is 1.33 bits per heavy atom. The van der Waals surface area contributed by atoms with Gasteiger partial charge in [0.05, 0.1) is 6.54 Å². The van der Waals surface area contributed by atoms with Gasteiger partial charge in [0.1, 0.15) is 0 Å². The molecule has 0 saturated heterocycles. The van der Waals surface area contributed by atoms with Crippen molar-refractivity contribution in [3.63, 3.8) is 0 Å². The molecule has 2 aromatic rings. The molecule has 0 amide bonds. The first-order valence-electron chi connectivity index (χ1n) is 6.31. The fourth-order valence-electron chi connectivity index (χ4n) is 1.86. The lowest BCUT2D eigenvalue weighted by atomic mass is 10.1. The Hall–Kier alpha value is -1.75. The van der Waals surface area contributed by atoms with Crippen LogP contribution in [0.2, 0.25) is 0 Å². The van der Waals surface area contributed by atoms with Crippen molar-refractivity contribution >= 4 is 0 Å². The van der Waals surface area contributed by atoms with Crippen LogP contribution in [0.5, 0.6) is 0 Å². The summed E-state index contributed by atoms with van der Waals surface area (Å²) >= 11 is 0. The summed E-state index contributed by atoms with van der Waals surface area (Å²) in [6, 6.07) is 8.54. The zero-order valence-electron chi connectivity index (χ0n) is 10.9. The molecule has 5 nitrogen and oxygen atoms in total. The van der Waals surface area contributed by atoms with E-state index in [9.17, 15) is 0 Å². The summed E-state index contributed by atoms with van der Waals surface area (Å²) in [6.07, 6.45) is 0.950. The molecule has 0 fully saturated rings. The van der Waals surface area contributed by atoms with Crippen LogP contribution in [0.25, 0.3) is 0 Å². The van der Waals surface area contributed by atoms with Gasteiger partial charge in [-0.05, 0) is 35.9 Å². The Kier molecular flexibility index (Phi) is 4.41. The second kappa shape index (κ2) is 6.26. The number of benzene rings is 1. The molecule has 1 aromatic carbocycles. The largest absolute Gasteiger partial charge is 0.310 e. The maximum atomic E-state index is 4.02. The van der Waals surface area contributed by atoms with Gasteiger partial charge in [-0.25, -0.2) is 4.68 Å². The van der Waals surface area contributed by atoms with E-state index < -0.39 is 0 Å². The summed E-state index contributed by atoms with van der Waals surface area (Å²) in [5.41, 5.74) is 2.61. The van der Waals surface area contributed by atoms with Crippen LogP contribution in [0, 0.1) is 6.92 Å². The minimum absolute atomic E-state index is 0.720. The molecule has 0 unspecified atom stereocenters. The van der Waals surface area contributed by atoms with Crippen LogP contribution in [0.3, 0.4) is 0 Å². The molecule has 0 radical (unpaired) electrons. The van der Waals surface area contributed by atoms with E-state index in [1.54, 1.807) is 0 Å². The molecular weight excluding hydrogens is 226 g/mol. The molecule has 96 valence electrons. The highest BCUT2D eigenvalue weighted by atomic mass is 15.5. The molecular formula is C13H19N5. The number of nitrogens with one attached hydrogen (secondary N) is 1. The summed E-state index contributed by atoms with van der Waals surface area (Å²) < 4.78 is 1.87. The highest BCUT2D eigenvalue weighted by Gasteiger charge is 2.05. The van der Waals surface area contributed by atoms with Crippen LogP contribution in [0.1, 0.15) is 23.9 Å². The Morgan fingerprint density at radius 2 is 2.22 bits per heavy atom. The van der Waals surface area contributed by atoms with Crippen molar-refractivity contribution in [1.82, 2.24) is 25.5 Å². The normalized spacial score (nSPS) is 10.8. The first-order valence-corrected chi connectivity index (χ1v) is 6.31. The molecule has 1 N–H and O–H groups in total. The molecule has 0 atom stereocenters. The van der Waals surface area contributed by atoms with E-state index in [0.29, 0.717) is 0 Å². The first-order chi connectivity index (χ1) is 8.79. The second-order valence-electron chi connectivity index (χ2n) is 4.34. The molecule has 2 rings (SSSR count). The van der Waals surface area contributed by atoms with Crippen molar-refractivity contribution in [1.29, 1.82) is 0 Å². The summed E-state index contributed by atoms with van der Waals surface area (Å²) in [5, 5.41) is 15.0. The Labute approximate surface area is 107 Å². The molecule has 18 heavy (non-hydrogen) atoms. The molecule has 0 aliphatic heterocycles. The van der Waals surface area contributed by atoms with Crippen LogP contribution in [-0.4, -0.2) is 26.8 Å². The molecule has 0 saturated carbocycles. The topological polar surface area (TPSA) is 55.6 Å². The van der Waals surface area contributed by atoms with E-state index in [2.05, 4.69) is 59.0 Å². The minimum atomic E-state index is 0.720. The first kappa shape index (κ1) is 12.7. The van der Waals surface area contributed by atoms with Crippen LogP contribution < -0.4 is 5.32 Å². The van der Waals surface area contributed by atoms with Crippen molar-refractivity contribution in [2.24, 2.45) is 0 Å². The molecule has 0 spiro atoms. The summed E-state index contributed by atoms with van der Waals surface area (Å²) in [4.78, 5) is 0. The lowest BCUT2D eigenvalue weighted by Gasteiger charge is -2.05. The maximum Gasteiger partial charge on any atom is 0.165 e. The monoisotopic (exact) mass is 245 g/mol. The lowest BCUT2D eigenvalue weighted by Crippen LogP contribution is -2.17. The van der Waals surface area contributed by atoms with Gasteiger partial charge in [-0.2, -0.15) is 0 Å². The number of aryl methyl sites for hydroxylation is 3. The van der Waals surface area contributed by atoms with E-state index in [1.165, 1.54) is 11.1 Å². The fourth-order valence-corrected chi connectivity index (χ4v) is 1.86. The van der Waals surface area contributed by atoms with Crippen molar-refractivity contribution in [3.05, 3.63) is 41.2 Å². The summed E-state index contributed by atoms with van der Waals surface area (Å²) in [7, 11) is 0. The number of tetrazole rings is 1. The van der Waals surface area contributed by atoms with Gasteiger partial charge >= 0.3 is 0 Å². The average molecular weight is 245 g/mol. The fraction of sp³-hybridized carbons (Fsp3) is 0.462. The number of hydrogen-bond donors (Lipinski definition) is 1. The quantitative estimate of drug-likeness (QED) is 0.834. The summed E-state index contributed by atoms with van der Waals surface area (Å²) in [6.45, 7) is 6.64. The van der Waals surface area contributed by atoms with Gasteiger partial charge in [0.25, 0.3) is 0 Å².